The molecule has 0 radical (unpaired) electrons. The number of hydrogen-bond donors (Lipinski definition) is 1. The van der Waals surface area contributed by atoms with Crippen molar-refractivity contribution < 1.29 is 4.79 Å². The van der Waals surface area contributed by atoms with Gasteiger partial charge in [0.25, 0.3) is 0 Å². The van der Waals surface area contributed by atoms with Crippen LogP contribution >= 0.6 is 0 Å². The van der Waals surface area contributed by atoms with Crippen molar-refractivity contribution in [1.82, 2.24) is 0 Å². The third-order valence-electron chi connectivity index (χ3n) is 4.08. The Labute approximate surface area is 138 Å². The lowest BCUT2D eigenvalue weighted by molar-refractivity contribution is 0.559. The minimum atomic E-state index is -0.0950. The van der Waals surface area contributed by atoms with Crippen LogP contribution in [0.2, 0.25) is 0 Å². The van der Waals surface area contributed by atoms with Crippen LogP contribution in [0.25, 0.3) is 0 Å². The van der Waals surface area contributed by atoms with Crippen LogP contribution in [0, 0.1) is 0 Å². The van der Waals surface area contributed by atoms with Gasteiger partial charge in [-0.25, -0.2) is 4.79 Å². The number of rotatable bonds is 16. The summed E-state index contributed by atoms with van der Waals surface area (Å²) in [4.78, 5) is 10.1. The molecule has 0 saturated carbocycles. The average Bonchev–Trinajstić information content (AvgIpc) is 2.51. The number of nitrogens with two attached hydrogens (primary N) is 1. The molecule has 0 aromatic rings. The van der Waals surface area contributed by atoms with Crippen molar-refractivity contribution in [1.29, 1.82) is 0 Å². The number of carbonyl (C=O) groups excluding carboxylic acids is 1. The molecule has 0 amide bonds. The fraction of sp³-hybridized carbons (Fsp3) is 0.800. The summed E-state index contributed by atoms with van der Waals surface area (Å²) in [7, 11) is 0. The molecule has 0 aromatic heterocycles. The minimum Gasteiger partial charge on any atom is -0.324 e. The van der Waals surface area contributed by atoms with Crippen molar-refractivity contribution in [3.05, 3.63) is 18.2 Å². The van der Waals surface area contributed by atoms with Crippen molar-refractivity contribution >= 4 is 5.94 Å². The zero-order chi connectivity index (χ0) is 16.3. The van der Waals surface area contributed by atoms with Crippen molar-refractivity contribution in [2.75, 3.05) is 0 Å². The molecule has 1 atom stereocenters. The van der Waals surface area contributed by atoms with Gasteiger partial charge in [-0.15, -0.1) is 0 Å². The first-order valence-electron chi connectivity index (χ1n) is 9.42. The predicted octanol–water partition coefficient (Wildman–Crippen LogP) is 5.74. The van der Waals surface area contributed by atoms with Crippen LogP contribution in [-0.4, -0.2) is 12.0 Å². The zero-order valence-corrected chi connectivity index (χ0v) is 14.7. The molecule has 2 N–H and O–H groups in total. The summed E-state index contributed by atoms with van der Waals surface area (Å²) in [6, 6.07) is -0.0950. The summed E-state index contributed by atoms with van der Waals surface area (Å²) in [6.45, 7) is 2.27. The highest BCUT2D eigenvalue weighted by atomic mass is 16.1. The van der Waals surface area contributed by atoms with E-state index in [4.69, 9.17) is 5.73 Å². The Morgan fingerprint density at radius 1 is 0.818 bits per heavy atom. The number of unbranched alkanes of at least 4 members (excludes halogenated alkanes) is 11. The second kappa shape index (κ2) is 18.2. The van der Waals surface area contributed by atoms with E-state index in [0.717, 1.165) is 12.8 Å². The maximum Gasteiger partial charge on any atom is 0.121 e. The molecule has 0 aromatic carbocycles. The van der Waals surface area contributed by atoms with Gasteiger partial charge < -0.3 is 5.73 Å². The number of allylic oxidation sites excluding steroid dienone is 2. The van der Waals surface area contributed by atoms with Gasteiger partial charge >= 0.3 is 0 Å². The molecular weight excluding hydrogens is 270 g/mol. The highest BCUT2D eigenvalue weighted by molar-refractivity contribution is 5.46. The largest absolute Gasteiger partial charge is 0.324 e. The molecule has 0 spiro atoms. The smallest absolute Gasteiger partial charge is 0.121 e. The van der Waals surface area contributed by atoms with Gasteiger partial charge in [0.05, 0.1) is 0 Å². The van der Waals surface area contributed by atoms with Gasteiger partial charge in [0.2, 0.25) is 0 Å². The zero-order valence-electron chi connectivity index (χ0n) is 14.7. The highest BCUT2D eigenvalue weighted by Gasteiger charge is 1.97. The Morgan fingerprint density at radius 2 is 1.32 bits per heavy atom. The van der Waals surface area contributed by atoms with Gasteiger partial charge in [-0.1, -0.05) is 76.9 Å². The Morgan fingerprint density at radius 3 is 1.86 bits per heavy atom. The van der Waals surface area contributed by atoms with E-state index >= 15 is 0 Å². The summed E-state index contributed by atoms with van der Waals surface area (Å²) in [5.41, 5.74) is 5.71. The highest BCUT2D eigenvalue weighted by Crippen LogP contribution is 2.10. The molecule has 0 heterocycles. The summed E-state index contributed by atoms with van der Waals surface area (Å²) < 4.78 is 0. The molecule has 128 valence electrons. The monoisotopic (exact) mass is 307 g/mol. The van der Waals surface area contributed by atoms with E-state index in [1.807, 2.05) is 0 Å². The molecule has 0 aliphatic heterocycles. The Hall–Kier alpha value is -0.850. The van der Waals surface area contributed by atoms with E-state index < -0.39 is 0 Å². The van der Waals surface area contributed by atoms with Crippen molar-refractivity contribution in [3.63, 3.8) is 0 Å². The lowest BCUT2D eigenvalue weighted by Crippen LogP contribution is -2.16. The minimum absolute atomic E-state index is 0.0950. The standard InChI is InChI=1S/C20H37NO/c1-2-3-4-5-6-7-8-9-10-11-12-13-14-15-16-17-20(21)18-19-22/h9-10,18,20H,2-8,11-17,21H2,1H3/b10-9-. The molecule has 0 aliphatic rings. The topological polar surface area (TPSA) is 43.1 Å². The molecule has 0 rings (SSSR count). The Bertz CT molecular complexity index is 292. The fourth-order valence-corrected chi connectivity index (χ4v) is 2.62. The molecule has 0 bridgehead atoms. The van der Waals surface area contributed by atoms with Crippen LogP contribution in [-0.2, 0) is 4.79 Å². The third-order valence-corrected chi connectivity index (χ3v) is 4.08. The Kier molecular flexibility index (Phi) is 17.5. The van der Waals surface area contributed by atoms with Crippen LogP contribution in [0.4, 0.5) is 0 Å². The average molecular weight is 308 g/mol. The SMILES string of the molecule is CCCCCCCC/C=C\CCCCCCCC(N)C=C=O. The van der Waals surface area contributed by atoms with Crippen LogP contribution in [0.3, 0.4) is 0 Å². The van der Waals surface area contributed by atoms with Gasteiger partial charge in [0.15, 0.2) is 0 Å². The quantitative estimate of drug-likeness (QED) is 0.224. The Balaban J connectivity index is 3.15. The van der Waals surface area contributed by atoms with E-state index in [1.165, 1.54) is 83.1 Å². The van der Waals surface area contributed by atoms with Gasteiger partial charge in [-0.3, -0.25) is 0 Å². The molecule has 0 saturated heterocycles. The molecule has 2 heteroatoms. The first kappa shape index (κ1) is 21.1. The summed E-state index contributed by atoms with van der Waals surface area (Å²) in [5.74, 6) is 1.76. The van der Waals surface area contributed by atoms with E-state index in [-0.39, 0.29) is 6.04 Å². The second-order valence-corrected chi connectivity index (χ2v) is 6.32. The van der Waals surface area contributed by atoms with Crippen molar-refractivity contribution in [3.8, 4) is 0 Å². The van der Waals surface area contributed by atoms with E-state index in [2.05, 4.69) is 19.1 Å². The van der Waals surface area contributed by atoms with Crippen molar-refractivity contribution in [2.45, 2.75) is 103 Å². The maximum absolute atomic E-state index is 10.1. The molecule has 2 nitrogen and oxygen atoms in total. The normalized spacial score (nSPS) is 12.5. The van der Waals surface area contributed by atoms with Crippen LogP contribution < -0.4 is 5.73 Å². The van der Waals surface area contributed by atoms with E-state index in [9.17, 15) is 4.79 Å². The maximum atomic E-state index is 10.1. The summed E-state index contributed by atoms with van der Waals surface area (Å²) in [6.07, 6.45) is 24.1. The predicted molar refractivity (Wildman–Crippen MR) is 97.7 cm³/mol. The van der Waals surface area contributed by atoms with E-state index in [1.54, 1.807) is 5.94 Å². The second-order valence-electron chi connectivity index (χ2n) is 6.32. The van der Waals surface area contributed by atoms with Crippen LogP contribution in [0.1, 0.15) is 96.8 Å². The van der Waals surface area contributed by atoms with Crippen LogP contribution in [0.15, 0.2) is 18.2 Å². The van der Waals surface area contributed by atoms with Gasteiger partial charge in [-0.05, 0) is 32.1 Å². The lowest BCUT2D eigenvalue weighted by Gasteiger charge is -2.04. The molecule has 0 fully saturated rings. The van der Waals surface area contributed by atoms with Gasteiger partial charge in [0.1, 0.15) is 5.94 Å². The molecule has 0 aliphatic carbocycles. The number of hydrogen-bond acceptors (Lipinski definition) is 2. The van der Waals surface area contributed by atoms with Crippen molar-refractivity contribution in [2.24, 2.45) is 5.73 Å². The first-order valence-corrected chi connectivity index (χ1v) is 9.42. The summed E-state index contributed by atoms with van der Waals surface area (Å²) >= 11 is 0. The lowest BCUT2D eigenvalue weighted by atomic mass is 10.1. The first-order chi connectivity index (χ1) is 10.8. The molecular formula is C20H37NO. The summed E-state index contributed by atoms with van der Waals surface area (Å²) in [5, 5.41) is 0. The molecule has 1 unspecified atom stereocenters. The molecule has 22 heavy (non-hydrogen) atoms. The fourth-order valence-electron chi connectivity index (χ4n) is 2.62. The van der Waals surface area contributed by atoms with Gasteiger partial charge in [0, 0.05) is 12.1 Å². The van der Waals surface area contributed by atoms with Crippen LogP contribution in [0.5, 0.6) is 0 Å². The van der Waals surface area contributed by atoms with E-state index in [0.29, 0.717) is 0 Å². The third kappa shape index (κ3) is 17.2. The van der Waals surface area contributed by atoms with Gasteiger partial charge in [-0.2, -0.15) is 0 Å².